The number of cyclic esters (lactones) is 1. The van der Waals surface area contributed by atoms with Crippen molar-refractivity contribution < 1.29 is 29.0 Å². The summed E-state index contributed by atoms with van der Waals surface area (Å²) < 4.78 is 11.9. The quantitative estimate of drug-likeness (QED) is 0.138. The number of anilines is 1. The van der Waals surface area contributed by atoms with Crippen molar-refractivity contribution in [3.63, 3.8) is 0 Å². The number of benzene rings is 5. The summed E-state index contributed by atoms with van der Waals surface area (Å²) in [6.45, 7) is 1.07. The van der Waals surface area contributed by atoms with Crippen LogP contribution in [0.4, 0.5) is 5.69 Å². The second kappa shape index (κ2) is 15.5. The number of rotatable bonds is 5. The fourth-order valence-electron chi connectivity index (χ4n) is 9.79. The Morgan fingerprint density at radius 3 is 2.03 bits per heavy atom. The molecule has 2 N–H and O–H groups in total. The van der Waals surface area contributed by atoms with Gasteiger partial charge in [-0.2, -0.15) is 0 Å². The van der Waals surface area contributed by atoms with Crippen molar-refractivity contribution in [2.24, 2.45) is 5.92 Å². The Kier molecular flexibility index (Phi) is 9.96. The van der Waals surface area contributed by atoms with Gasteiger partial charge in [0, 0.05) is 29.9 Å². The van der Waals surface area contributed by atoms with Gasteiger partial charge in [-0.1, -0.05) is 104 Å². The highest BCUT2D eigenvalue weighted by Crippen LogP contribution is 2.65. The third kappa shape index (κ3) is 6.38. The van der Waals surface area contributed by atoms with Crippen molar-refractivity contribution in [2.75, 3.05) is 25.5 Å². The summed E-state index contributed by atoms with van der Waals surface area (Å²) in [6, 6.07) is 36.9. The van der Waals surface area contributed by atoms with Crippen LogP contribution in [0.2, 0.25) is 0 Å². The number of aromatic hydroxyl groups is 1. The lowest BCUT2D eigenvalue weighted by Gasteiger charge is -2.46. The number of fused-ring (bicyclic) bond motifs is 3. The standard InChI is InChI=1S/C49H45N3O6/c1-57-38-26-19-32(20-27-38)17-18-33-21-28-40-39(31-33)49(48(56)50-40)41(46(54)51-29-11-3-2-4-12-30-51)43-47(55)58-44(35-15-9-6-10-16-35)42(34-13-7-5-8-14-34)52(43)45(49)36-22-24-37(53)25-23-36/h5-10,13-16,19-28,31,41-45,53H,2-4,11-12,29-30H2,1H3,(H,50,56). The Labute approximate surface area is 338 Å². The van der Waals surface area contributed by atoms with Crippen molar-refractivity contribution in [3.05, 3.63) is 161 Å². The predicted octanol–water partition coefficient (Wildman–Crippen LogP) is 7.86. The molecule has 1 spiro atoms. The number of nitrogens with zero attached hydrogens (tertiary/aromatic N) is 2. The lowest BCUT2D eigenvalue weighted by atomic mass is 9.65. The second-order valence-corrected chi connectivity index (χ2v) is 15.6. The molecule has 0 aliphatic carbocycles. The van der Waals surface area contributed by atoms with E-state index in [1.165, 1.54) is 0 Å². The number of amides is 2. The molecule has 4 heterocycles. The molecule has 9 heteroatoms. The topological polar surface area (TPSA) is 108 Å². The molecular weight excluding hydrogens is 727 g/mol. The van der Waals surface area contributed by atoms with Crippen molar-refractivity contribution in [1.82, 2.24) is 9.80 Å². The number of carbonyl (C=O) groups is 3. The zero-order valence-corrected chi connectivity index (χ0v) is 32.3. The highest BCUT2D eigenvalue weighted by molar-refractivity contribution is 6.12. The third-order valence-corrected chi connectivity index (χ3v) is 12.4. The molecule has 6 unspecified atom stereocenters. The van der Waals surface area contributed by atoms with Crippen LogP contribution in [0.5, 0.6) is 11.5 Å². The molecular formula is C49H45N3O6. The summed E-state index contributed by atoms with van der Waals surface area (Å²) in [7, 11) is 1.62. The van der Waals surface area contributed by atoms with Gasteiger partial charge in [-0.3, -0.25) is 19.3 Å². The van der Waals surface area contributed by atoms with Crippen molar-refractivity contribution >= 4 is 23.5 Å². The van der Waals surface area contributed by atoms with Crippen molar-refractivity contribution in [3.8, 4) is 23.3 Å². The van der Waals surface area contributed by atoms with Crippen molar-refractivity contribution in [2.45, 2.75) is 61.7 Å². The molecule has 58 heavy (non-hydrogen) atoms. The molecule has 0 radical (unpaired) electrons. The zero-order valence-electron chi connectivity index (χ0n) is 32.3. The van der Waals surface area contributed by atoms with Crippen LogP contribution in [0.3, 0.4) is 0 Å². The average molecular weight is 772 g/mol. The molecule has 0 bridgehead atoms. The molecule has 5 aromatic rings. The van der Waals surface area contributed by atoms with E-state index in [1.54, 1.807) is 31.4 Å². The van der Waals surface area contributed by atoms with Gasteiger partial charge in [-0.05, 0) is 89.7 Å². The van der Waals surface area contributed by atoms with Crippen LogP contribution in [-0.4, -0.2) is 58.9 Å². The highest BCUT2D eigenvalue weighted by Gasteiger charge is 2.74. The summed E-state index contributed by atoms with van der Waals surface area (Å²) in [4.78, 5) is 50.2. The molecule has 5 aromatic carbocycles. The number of likely N-dealkylation sites (tertiary alicyclic amines) is 1. The van der Waals surface area contributed by atoms with E-state index >= 15 is 14.4 Å². The van der Waals surface area contributed by atoms with Gasteiger partial charge in [0.05, 0.1) is 25.1 Å². The number of phenols is 1. The average Bonchev–Trinajstić information content (AvgIpc) is 3.72. The number of hydrogen-bond acceptors (Lipinski definition) is 7. The summed E-state index contributed by atoms with van der Waals surface area (Å²) in [5, 5.41) is 13.8. The maximum absolute atomic E-state index is 15.7. The molecule has 9 rings (SSSR count). The first-order valence-corrected chi connectivity index (χ1v) is 20.2. The van der Waals surface area contributed by atoms with Gasteiger partial charge in [0.25, 0.3) is 0 Å². The maximum atomic E-state index is 15.7. The number of ether oxygens (including phenoxy) is 2. The van der Waals surface area contributed by atoms with Gasteiger partial charge in [-0.15, -0.1) is 0 Å². The Bertz CT molecular complexity index is 2380. The maximum Gasteiger partial charge on any atom is 0.324 e. The van der Waals surface area contributed by atoms with E-state index in [0.717, 1.165) is 54.5 Å². The molecule has 4 aliphatic rings. The van der Waals surface area contributed by atoms with Gasteiger partial charge in [0.2, 0.25) is 11.8 Å². The van der Waals surface area contributed by atoms with Crippen LogP contribution in [-0.2, 0) is 24.5 Å². The normalized spacial score (nSPS) is 25.3. The minimum absolute atomic E-state index is 0.0628. The number of phenolic OH excluding ortho intramolecular Hbond substituents is 1. The van der Waals surface area contributed by atoms with Crippen molar-refractivity contribution in [1.29, 1.82) is 0 Å². The van der Waals surface area contributed by atoms with Gasteiger partial charge in [0.15, 0.2) is 0 Å². The molecule has 4 aliphatic heterocycles. The molecule has 0 saturated carbocycles. The van der Waals surface area contributed by atoms with Gasteiger partial charge in [-0.25, -0.2) is 0 Å². The second-order valence-electron chi connectivity index (χ2n) is 15.6. The van der Waals surface area contributed by atoms with Crippen LogP contribution in [0.1, 0.15) is 83.7 Å². The van der Waals surface area contributed by atoms with E-state index in [0.29, 0.717) is 35.5 Å². The monoisotopic (exact) mass is 771 g/mol. The first kappa shape index (κ1) is 37.2. The summed E-state index contributed by atoms with van der Waals surface area (Å²) in [6.07, 6.45) is 4.02. The predicted molar refractivity (Wildman–Crippen MR) is 220 cm³/mol. The number of esters is 1. The number of carbonyl (C=O) groups excluding carboxylic acids is 3. The lowest BCUT2D eigenvalue weighted by molar-refractivity contribution is -0.179. The SMILES string of the molecule is COc1ccc(C#Cc2ccc3c(c2)C2(C(=O)N3)C(C(=O)N3CCCCCCC3)C3C(=O)OC(c4ccccc4)C(c4ccccc4)N3C2c2ccc(O)cc2)cc1. The van der Waals surface area contributed by atoms with Gasteiger partial charge < -0.3 is 24.8 Å². The number of nitrogens with one attached hydrogen (secondary N) is 1. The zero-order chi connectivity index (χ0) is 39.8. The Hall–Kier alpha value is -6.37. The van der Waals surface area contributed by atoms with E-state index in [1.807, 2.05) is 108 Å². The summed E-state index contributed by atoms with van der Waals surface area (Å²) in [5.74, 6) is 5.03. The highest BCUT2D eigenvalue weighted by atomic mass is 16.6. The molecule has 6 atom stereocenters. The Morgan fingerprint density at radius 1 is 0.741 bits per heavy atom. The van der Waals surface area contributed by atoms with Crippen LogP contribution in [0.25, 0.3) is 0 Å². The van der Waals surface area contributed by atoms with E-state index in [9.17, 15) is 5.11 Å². The van der Waals surface area contributed by atoms with Gasteiger partial charge >= 0.3 is 5.97 Å². The fraction of sp³-hybridized carbons (Fsp3) is 0.286. The Morgan fingerprint density at radius 2 is 1.36 bits per heavy atom. The molecule has 292 valence electrons. The number of hydrogen-bond donors (Lipinski definition) is 2. The fourth-order valence-corrected chi connectivity index (χ4v) is 9.79. The van der Waals surface area contributed by atoms with E-state index in [4.69, 9.17) is 9.47 Å². The molecule has 0 aromatic heterocycles. The van der Waals surface area contributed by atoms with Crippen LogP contribution >= 0.6 is 0 Å². The van der Waals surface area contributed by atoms with Crippen LogP contribution < -0.4 is 10.1 Å². The number of methoxy groups -OCH3 is 1. The smallest absolute Gasteiger partial charge is 0.324 e. The van der Waals surface area contributed by atoms with Crippen LogP contribution in [0, 0.1) is 17.8 Å². The molecule has 2 amide bonds. The third-order valence-electron chi connectivity index (χ3n) is 12.4. The summed E-state index contributed by atoms with van der Waals surface area (Å²) >= 11 is 0. The number of morpholine rings is 1. The van der Waals surface area contributed by atoms with Gasteiger partial charge in [0.1, 0.15) is 29.1 Å². The first-order valence-electron chi connectivity index (χ1n) is 20.2. The largest absolute Gasteiger partial charge is 0.508 e. The minimum Gasteiger partial charge on any atom is -0.508 e. The molecule has 3 saturated heterocycles. The first-order chi connectivity index (χ1) is 28.4. The lowest BCUT2D eigenvalue weighted by Crippen LogP contribution is -2.55. The Balaban J connectivity index is 1.30. The summed E-state index contributed by atoms with van der Waals surface area (Å²) in [5.41, 5.74) is 3.37. The minimum atomic E-state index is -1.61. The molecule has 9 nitrogen and oxygen atoms in total. The van der Waals surface area contributed by atoms with E-state index in [2.05, 4.69) is 22.1 Å². The van der Waals surface area contributed by atoms with E-state index < -0.39 is 41.5 Å². The molecule has 3 fully saturated rings. The van der Waals surface area contributed by atoms with Crippen LogP contribution in [0.15, 0.2) is 127 Å². The van der Waals surface area contributed by atoms with E-state index in [-0.39, 0.29) is 17.6 Å².